The van der Waals surface area contributed by atoms with Gasteiger partial charge in [0.05, 0.1) is 5.69 Å². The van der Waals surface area contributed by atoms with Crippen molar-refractivity contribution in [2.24, 2.45) is 0 Å². The van der Waals surface area contributed by atoms with Crippen LogP contribution in [0.25, 0.3) is 6.08 Å². The van der Waals surface area contributed by atoms with Crippen LogP contribution in [0.2, 0.25) is 0 Å². The Hall–Kier alpha value is -4.01. The van der Waals surface area contributed by atoms with E-state index in [1.807, 2.05) is 5.32 Å². The van der Waals surface area contributed by atoms with Crippen molar-refractivity contribution in [1.82, 2.24) is 5.32 Å². The SMILES string of the molecule is O=C(O)COc1ccccc1/C=C1\C(=O)NC(=O)N(c2ccccc2F)C1=O. The van der Waals surface area contributed by atoms with Crippen LogP contribution in [-0.2, 0) is 14.4 Å². The first kappa shape index (κ1) is 18.8. The van der Waals surface area contributed by atoms with Gasteiger partial charge in [0.1, 0.15) is 17.1 Å². The van der Waals surface area contributed by atoms with Crippen LogP contribution in [0.1, 0.15) is 5.56 Å². The molecule has 2 N–H and O–H groups in total. The maximum absolute atomic E-state index is 14.1. The molecule has 0 unspecified atom stereocenters. The van der Waals surface area contributed by atoms with Gasteiger partial charge in [0.15, 0.2) is 6.61 Å². The maximum atomic E-state index is 14.1. The van der Waals surface area contributed by atoms with Crippen LogP contribution >= 0.6 is 0 Å². The van der Waals surface area contributed by atoms with Crippen LogP contribution in [-0.4, -0.2) is 35.5 Å². The number of halogens is 1. The van der Waals surface area contributed by atoms with Gasteiger partial charge in [-0.15, -0.1) is 0 Å². The lowest BCUT2D eigenvalue weighted by Gasteiger charge is -2.26. The average Bonchev–Trinajstić information content (AvgIpc) is 2.65. The van der Waals surface area contributed by atoms with Crippen LogP contribution in [0.3, 0.4) is 0 Å². The van der Waals surface area contributed by atoms with Crippen molar-refractivity contribution in [3.8, 4) is 5.75 Å². The summed E-state index contributed by atoms with van der Waals surface area (Å²) in [6.07, 6.45) is 1.15. The van der Waals surface area contributed by atoms with Crippen molar-refractivity contribution in [1.29, 1.82) is 0 Å². The van der Waals surface area contributed by atoms with Crippen molar-refractivity contribution in [3.63, 3.8) is 0 Å². The molecule has 0 radical (unpaired) electrons. The number of ether oxygens (including phenoxy) is 1. The van der Waals surface area contributed by atoms with Crippen molar-refractivity contribution in [3.05, 3.63) is 65.5 Å². The number of carbonyl (C=O) groups excluding carboxylic acids is 3. The number of nitrogens with zero attached hydrogens (tertiary/aromatic N) is 1. The molecule has 2 aromatic rings. The van der Waals surface area contributed by atoms with Crippen molar-refractivity contribution in [2.45, 2.75) is 0 Å². The first-order valence-corrected chi connectivity index (χ1v) is 7.98. The molecule has 1 aliphatic rings. The summed E-state index contributed by atoms with van der Waals surface area (Å²) in [7, 11) is 0. The quantitative estimate of drug-likeness (QED) is 0.602. The third-order valence-corrected chi connectivity index (χ3v) is 3.77. The Labute approximate surface area is 157 Å². The second-order valence-corrected chi connectivity index (χ2v) is 5.63. The molecule has 2 aromatic carbocycles. The maximum Gasteiger partial charge on any atom is 0.341 e. The molecule has 9 heteroatoms. The number of carboxylic acids is 1. The lowest BCUT2D eigenvalue weighted by Crippen LogP contribution is -2.54. The van der Waals surface area contributed by atoms with Crippen LogP contribution < -0.4 is 15.0 Å². The Kier molecular flexibility index (Phi) is 5.16. The fraction of sp³-hybridized carbons (Fsp3) is 0.0526. The summed E-state index contributed by atoms with van der Waals surface area (Å²) in [5.74, 6) is -3.88. The molecule has 0 spiro atoms. The monoisotopic (exact) mass is 384 g/mol. The molecule has 28 heavy (non-hydrogen) atoms. The van der Waals surface area contributed by atoms with Gasteiger partial charge in [-0.2, -0.15) is 0 Å². The summed E-state index contributed by atoms with van der Waals surface area (Å²) >= 11 is 0. The first-order chi connectivity index (χ1) is 13.4. The first-order valence-electron chi connectivity index (χ1n) is 7.98. The minimum absolute atomic E-state index is 0.118. The lowest BCUT2D eigenvalue weighted by atomic mass is 10.1. The van der Waals surface area contributed by atoms with Crippen molar-refractivity contribution >= 4 is 35.6 Å². The van der Waals surface area contributed by atoms with E-state index < -0.39 is 41.8 Å². The summed E-state index contributed by atoms with van der Waals surface area (Å²) < 4.78 is 19.2. The van der Waals surface area contributed by atoms with E-state index in [1.165, 1.54) is 30.3 Å². The number of imide groups is 2. The minimum Gasteiger partial charge on any atom is -0.481 e. The number of barbiturate groups is 1. The molecule has 0 aliphatic carbocycles. The summed E-state index contributed by atoms with van der Waals surface area (Å²) in [4.78, 5) is 48.3. The van der Waals surface area contributed by atoms with E-state index >= 15 is 0 Å². The number of aliphatic carboxylic acids is 1. The van der Waals surface area contributed by atoms with Crippen molar-refractivity contribution in [2.75, 3.05) is 11.5 Å². The van der Waals surface area contributed by atoms with Gasteiger partial charge in [-0.3, -0.25) is 14.9 Å². The van der Waals surface area contributed by atoms with E-state index in [-0.39, 0.29) is 17.0 Å². The zero-order valence-corrected chi connectivity index (χ0v) is 14.2. The number of carboxylic acid groups (broad SMARTS) is 1. The highest BCUT2D eigenvalue weighted by atomic mass is 19.1. The second-order valence-electron chi connectivity index (χ2n) is 5.63. The third-order valence-electron chi connectivity index (χ3n) is 3.77. The van der Waals surface area contributed by atoms with Gasteiger partial charge in [0.25, 0.3) is 11.8 Å². The minimum atomic E-state index is -1.20. The number of benzene rings is 2. The molecular weight excluding hydrogens is 371 g/mol. The van der Waals surface area contributed by atoms with E-state index in [0.717, 1.165) is 12.1 Å². The normalized spacial score (nSPS) is 15.5. The summed E-state index contributed by atoms with van der Waals surface area (Å²) in [6.45, 7) is -0.625. The summed E-state index contributed by atoms with van der Waals surface area (Å²) in [5, 5.41) is 10.7. The molecule has 3 rings (SSSR count). The van der Waals surface area contributed by atoms with E-state index in [1.54, 1.807) is 12.1 Å². The predicted molar refractivity (Wildman–Crippen MR) is 95.0 cm³/mol. The average molecular weight is 384 g/mol. The number of carbonyl (C=O) groups is 4. The van der Waals surface area contributed by atoms with E-state index in [2.05, 4.69) is 0 Å². The number of hydrogen-bond acceptors (Lipinski definition) is 5. The fourth-order valence-electron chi connectivity index (χ4n) is 2.54. The Morgan fingerprint density at radius 1 is 1.11 bits per heavy atom. The number of hydrogen-bond donors (Lipinski definition) is 2. The highest BCUT2D eigenvalue weighted by Crippen LogP contribution is 2.26. The Morgan fingerprint density at radius 3 is 2.50 bits per heavy atom. The molecule has 1 heterocycles. The zero-order valence-electron chi connectivity index (χ0n) is 14.2. The summed E-state index contributed by atoms with van der Waals surface area (Å²) in [6, 6.07) is 10.2. The number of para-hydroxylation sites is 2. The second kappa shape index (κ2) is 7.70. The highest BCUT2D eigenvalue weighted by Gasteiger charge is 2.38. The van der Waals surface area contributed by atoms with E-state index in [9.17, 15) is 23.6 Å². The zero-order chi connectivity index (χ0) is 20.3. The Morgan fingerprint density at radius 2 is 1.79 bits per heavy atom. The van der Waals surface area contributed by atoms with Gasteiger partial charge in [0.2, 0.25) is 0 Å². The molecule has 142 valence electrons. The molecule has 0 aromatic heterocycles. The predicted octanol–water partition coefficient (Wildman–Crippen LogP) is 1.96. The molecule has 1 saturated heterocycles. The van der Waals surface area contributed by atoms with Crippen LogP contribution in [0, 0.1) is 5.82 Å². The van der Waals surface area contributed by atoms with Crippen LogP contribution in [0.5, 0.6) is 5.75 Å². The number of anilines is 1. The lowest BCUT2D eigenvalue weighted by molar-refractivity contribution is -0.139. The fourth-order valence-corrected chi connectivity index (χ4v) is 2.54. The Bertz CT molecular complexity index is 1020. The third kappa shape index (κ3) is 3.73. The van der Waals surface area contributed by atoms with Gasteiger partial charge < -0.3 is 9.84 Å². The number of urea groups is 1. The van der Waals surface area contributed by atoms with Crippen LogP contribution in [0.15, 0.2) is 54.1 Å². The smallest absolute Gasteiger partial charge is 0.341 e. The molecular formula is C19H13FN2O6. The molecule has 0 bridgehead atoms. The van der Waals surface area contributed by atoms with Gasteiger partial charge in [0, 0.05) is 5.56 Å². The largest absolute Gasteiger partial charge is 0.481 e. The Balaban J connectivity index is 2.01. The van der Waals surface area contributed by atoms with Gasteiger partial charge in [-0.1, -0.05) is 30.3 Å². The molecule has 4 amide bonds. The molecule has 0 atom stereocenters. The molecule has 1 fully saturated rings. The molecule has 1 aliphatic heterocycles. The van der Waals surface area contributed by atoms with E-state index in [4.69, 9.17) is 9.84 Å². The number of nitrogens with one attached hydrogen (secondary N) is 1. The van der Waals surface area contributed by atoms with Crippen molar-refractivity contribution < 1.29 is 33.4 Å². The van der Waals surface area contributed by atoms with E-state index in [0.29, 0.717) is 4.90 Å². The van der Waals surface area contributed by atoms with Gasteiger partial charge in [-0.25, -0.2) is 18.9 Å². The van der Waals surface area contributed by atoms with Gasteiger partial charge in [-0.05, 0) is 24.3 Å². The molecule has 0 saturated carbocycles. The standard InChI is InChI=1S/C19H13FN2O6/c20-13-6-2-3-7-14(13)22-18(26)12(17(25)21-19(22)27)9-11-5-1-4-8-15(11)28-10-16(23)24/h1-9H,10H2,(H,23,24)(H,21,25,27)/b12-9+. The summed E-state index contributed by atoms with van der Waals surface area (Å²) in [5.41, 5.74) is -0.502. The van der Waals surface area contributed by atoms with Crippen LogP contribution in [0.4, 0.5) is 14.9 Å². The van der Waals surface area contributed by atoms with Gasteiger partial charge >= 0.3 is 12.0 Å². The number of rotatable bonds is 5. The topological polar surface area (TPSA) is 113 Å². The highest BCUT2D eigenvalue weighted by molar-refractivity contribution is 6.39. The molecule has 8 nitrogen and oxygen atoms in total. The number of amides is 4.